The van der Waals surface area contributed by atoms with Gasteiger partial charge in [-0.3, -0.25) is 9.69 Å². The quantitative estimate of drug-likeness (QED) is 0.914. The number of nitrogens with one attached hydrogen (secondary N) is 1. The number of amides is 1. The van der Waals surface area contributed by atoms with E-state index in [0.29, 0.717) is 23.6 Å². The molecular formula is C18H27N3OS. The van der Waals surface area contributed by atoms with Crippen LogP contribution in [0.5, 0.6) is 0 Å². The van der Waals surface area contributed by atoms with Crippen molar-refractivity contribution in [1.82, 2.24) is 15.1 Å². The highest BCUT2D eigenvalue weighted by atomic mass is 32.2. The van der Waals surface area contributed by atoms with Crippen LogP contribution in [0.2, 0.25) is 0 Å². The van der Waals surface area contributed by atoms with Crippen molar-refractivity contribution in [3.8, 4) is 0 Å². The van der Waals surface area contributed by atoms with Gasteiger partial charge in [-0.25, -0.2) is 0 Å². The molecule has 1 amide bonds. The summed E-state index contributed by atoms with van der Waals surface area (Å²) in [5, 5.41) is 3.87. The summed E-state index contributed by atoms with van der Waals surface area (Å²) in [7, 11) is 0. The molecular weight excluding hydrogens is 306 g/mol. The van der Waals surface area contributed by atoms with Crippen LogP contribution in [-0.4, -0.2) is 66.0 Å². The van der Waals surface area contributed by atoms with E-state index in [4.69, 9.17) is 0 Å². The van der Waals surface area contributed by atoms with E-state index in [9.17, 15) is 4.79 Å². The lowest BCUT2D eigenvalue weighted by Crippen LogP contribution is -2.48. The van der Waals surface area contributed by atoms with E-state index in [-0.39, 0.29) is 0 Å². The third kappa shape index (κ3) is 4.28. The Morgan fingerprint density at radius 2 is 1.96 bits per heavy atom. The lowest BCUT2D eigenvalue weighted by molar-refractivity contribution is -0.132. The van der Waals surface area contributed by atoms with Crippen LogP contribution in [0.4, 0.5) is 0 Å². The smallest absolute Gasteiger partial charge is 0.223 e. The van der Waals surface area contributed by atoms with Crippen molar-refractivity contribution >= 4 is 17.7 Å². The highest BCUT2D eigenvalue weighted by Gasteiger charge is 2.30. The monoisotopic (exact) mass is 333 g/mol. The summed E-state index contributed by atoms with van der Waals surface area (Å²) in [6.45, 7) is 7.81. The first-order valence-electron chi connectivity index (χ1n) is 8.65. The maximum Gasteiger partial charge on any atom is 0.223 e. The Kier molecular flexibility index (Phi) is 5.97. The van der Waals surface area contributed by atoms with E-state index in [2.05, 4.69) is 47.5 Å². The third-order valence-electron chi connectivity index (χ3n) is 4.82. The van der Waals surface area contributed by atoms with Gasteiger partial charge in [-0.05, 0) is 5.56 Å². The molecule has 2 atom stereocenters. The Morgan fingerprint density at radius 1 is 1.22 bits per heavy atom. The van der Waals surface area contributed by atoms with Gasteiger partial charge in [-0.2, -0.15) is 11.8 Å². The normalized spacial score (nSPS) is 26.2. The SMILES string of the molecule is CC1SCCN(CCC(=O)N2CCNCC2)C1c1ccccc1. The number of thioether (sulfide) groups is 1. The second-order valence-electron chi connectivity index (χ2n) is 6.35. The standard InChI is InChI=1S/C18H27N3OS/c1-15-18(16-5-3-2-4-6-16)21(13-14-23-15)10-7-17(22)20-11-8-19-9-12-20/h2-6,15,18-19H,7-14H2,1H3. The summed E-state index contributed by atoms with van der Waals surface area (Å²) < 4.78 is 0. The van der Waals surface area contributed by atoms with Crippen molar-refractivity contribution in [2.75, 3.05) is 45.0 Å². The summed E-state index contributed by atoms with van der Waals surface area (Å²) in [6, 6.07) is 11.2. The van der Waals surface area contributed by atoms with Gasteiger partial charge >= 0.3 is 0 Å². The third-order valence-corrected chi connectivity index (χ3v) is 6.02. The minimum absolute atomic E-state index is 0.309. The molecule has 0 aliphatic carbocycles. The highest BCUT2D eigenvalue weighted by molar-refractivity contribution is 8.00. The number of rotatable bonds is 4. The van der Waals surface area contributed by atoms with Gasteiger partial charge in [-0.15, -0.1) is 0 Å². The Hall–Kier alpha value is -1.04. The zero-order chi connectivity index (χ0) is 16.1. The summed E-state index contributed by atoms with van der Waals surface area (Å²) in [6.07, 6.45) is 0.640. The number of hydrogen-bond donors (Lipinski definition) is 1. The molecule has 1 aromatic rings. The van der Waals surface area contributed by atoms with Crippen LogP contribution in [0.25, 0.3) is 0 Å². The van der Waals surface area contributed by atoms with Crippen molar-refractivity contribution < 1.29 is 4.79 Å². The van der Waals surface area contributed by atoms with Crippen molar-refractivity contribution in [3.63, 3.8) is 0 Å². The van der Waals surface area contributed by atoms with Gasteiger partial charge in [0.05, 0.1) is 0 Å². The number of benzene rings is 1. The summed E-state index contributed by atoms with van der Waals surface area (Å²) in [5.74, 6) is 1.47. The predicted molar refractivity (Wildman–Crippen MR) is 96.7 cm³/mol. The molecule has 2 aliphatic heterocycles. The Morgan fingerprint density at radius 3 is 2.70 bits per heavy atom. The molecule has 2 heterocycles. The first-order chi connectivity index (χ1) is 11.3. The first-order valence-corrected chi connectivity index (χ1v) is 9.69. The average molecular weight is 334 g/mol. The molecule has 1 N–H and O–H groups in total. The van der Waals surface area contributed by atoms with Gasteiger partial charge in [0.1, 0.15) is 0 Å². The number of carbonyl (C=O) groups is 1. The van der Waals surface area contributed by atoms with Crippen LogP contribution in [-0.2, 0) is 4.79 Å². The first kappa shape index (κ1) is 16.8. The molecule has 2 aliphatic rings. The zero-order valence-electron chi connectivity index (χ0n) is 13.9. The maximum absolute atomic E-state index is 12.4. The van der Waals surface area contributed by atoms with Gasteiger partial charge in [0.15, 0.2) is 0 Å². The van der Waals surface area contributed by atoms with E-state index < -0.39 is 0 Å². The van der Waals surface area contributed by atoms with E-state index in [1.807, 2.05) is 16.7 Å². The van der Waals surface area contributed by atoms with Crippen molar-refractivity contribution in [2.45, 2.75) is 24.6 Å². The Balaban J connectivity index is 1.61. The molecule has 0 aromatic heterocycles. The topological polar surface area (TPSA) is 35.6 Å². The molecule has 5 heteroatoms. The van der Waals surface area contributed by atoms with E-state index in [0.717, 1.165) is 45.0 Å². The molecule has 2 fully saturated rings. The van der Waals surface area contributed by atoms with Gasteiger partial charge in [-0.1, -0.05) is 37.3 Å². The van der Waals surface area contributed by atoms with E-state index in [1.54, 1.807) is 0 Å². The van der Waals surface area contributed by atoms with Crippen LogP contribution < -0.4 is 5.32 Å². The highest BCUT2D eigenvalue weighted by Crippen LogP contribution is 2.35. The molecule has 0 spiro atoms. The largest absolute Gasteiger partial charge is 0.340 e. The lowest BCUT2D eigenvalue weighted by atomic mass is 10.0. The molecule has 0 bridgehead atoms. The fourth-order valence-electron chi connectivity index (χ4n) is 3.58. The van der Waals surface area contributed by atoms with Crippen LogP contribution in [0.1, 0.15) is 24.9 Å². The maximum atomic E-state index is 12.4. The molecule has 126 valence electrons. The molecule has 23 heavy (non-hydrogen) atoms. The second-order valence-corrected chi connectivity index (χ2v) is 7.83. The Bertz CT molecular complexity index is 504. The van der Waals surface area contributed by atoms with Crippen molar-refractivity contribution in [3.05, 3.63) is 35.9 Å². The number of piperazine rings is 1. The average Bonchev–Trinajstić information content (AvgIpc) is 2.61. The summed E-state index contributed by atoms with van der Waals surface area (Å²) in [4.78, 5) is 17.0. The molecule has 3 rings (SSSR count). The lowest BCUT2D eigenvalue weighted by Gasteiger charge is -2.40. The van der Waals surface area contributed by atoms with Gasteiger partial charge < -0.3 is 10.2 Å². The fourth-order valence-corrected chi connectivity index (χ4v) is 4.80. The molecule has 1 aromatic carbocycles. The molecule has 0 saturated carbocycles. The van der Waals surface area contributed by atoms with Gasteiger partial charge in [0, 0.05) is 62.7 Å². The minimum atomic E-state index is 0.309. The predicted octanol–water partition coefficient (Wildman–Crippen LogP) is 1.99. The van der Waals surface area contributed by atoms with Crippen LogP contribution in [0.15, 0.2) is 30.3 Å². The van der Waals surface area contributed by atoms with Crippen LogP contribution >= 0.6 is 11.8 Å². The fraction of sp³-hybridized carbons (Fsp3) is 0.611. The number of hydrogen-bond acceptors (Lipinski definition) is 4. The zero-order valence-corrected chi connectivity index (χ0v) is 14.7. The van der Waals surface area contributed by atoms with E-state index in [1.165, 1.54) is 5.56 Å². The van der Waals surface area contributed by atoms with Crippen LogP contribution in [0.3, 0.4) is 0 Å². The molecule has 0 radical (unpaired) electrons. The number of carbonyl (C=O) groups excluding carboxylic acids is 1. The van der Waals surface area contributed by atoms with Gasteiger partial charge in [0.2, 0.25) is 5.91 Å². The minimum Gasteiger partial charge on any atom is -0.340 e. The van der Waals surface area contributed by atoms with E-state index >= 15 is 0 Å². The summed E-state index contributed by atoms with van der Waals surface area (Å²) in [5.41, 5.74) is 1.38. The molecule has 2 unspecified atom stereocenters. The van der Waals surface area contributed by atoms with Crippen LogP contribution in [0, 0.1) is 0 Å². The number of nitrogens with zero attached hydrogens (tertiary/aromatic N) is 2. The van der Waals surface area contributed by atoms with Gasteiger partial charge in [0.25, 0.3) is 0 Å². The molecule has 2 saturated heterocycles. The van der Waals surface area contributed by atoms with Crippen molar-refractivity contribution in [1.29, 1.82) is 0 Å². The molecule has 4 nitrogen and oxygen atoms in total. The second kappa shape index (κ2) is 8.18. The van der Waals surface area contributed by atoms with Crippen molar-refractivity contribution in [2.24, 2.45) is 0 Å². The summed E-state index contributed by atoms with van der Waals surface area (Å²) >= 11 is 2.04. The Labute approximate surface area is 143 Å².